The normalized spacial score (nSPS) is 12.1. The van der Waals surface area contributed by atoms with Crippen molar-refractivity contribution in [3.05, 3.63) is 60.0 Å². The van der Waals surface area contributed by atoms with Gasteiger partial charge in [0.2, 0.25) is 0 Å². The van der Waals surface area contributed by atoms with Crippen molar-refractivity contribution in [1.82, 2.24) is 15.0 Å². The van der Waals surface area contributed by atoms with Crippen molar-refractivity contribution < 1.29 is 5.11 Å². The van der Waals surface area contributed by atoms with Gasteiger partial charge in [0.1, 0.15) is 5.82 Å². The molecule has 0 saturated carbocycles. The van der Waals surface area contributed by atoms with E-state index < -0.39 is 6.10 Å². The lowest BCUT2D eigenvalue weighted by molar-refractivity contribution is 0.198. The number of pyridine rings is 1. The molecule has 3 N–H and O–H groups in total. The molecular formula is C18H18N4OS. The Morgan fingerprint density at radius 2 is 1.67 bits per heavy atom. The zero-order valence-corrected chi connectivity index (χ0v) is 14.3. The molecule has 0 aliphatic carbocycles. The molecule has 0 aliphatic heterocycles. The number of hydrogen-bond acceptors (Lipinski definition) is 6. The summed E-state index contributed by atoms with van der Waals surface area (Å²) in [7, 11) is 0. The fourth-order valence-electron chi connectivity index (χ4n) is 2.13. The Kier molecular flexibility index (Phi) is 4.78. The van der Waals surface area contributed by atoms with Crippen LogP contribution in [0.1, 0.15) is 24.2 Å². The number of benzene rings is 1. The Morgan fingerprint density at radius 3 is 2.25 bits per heavy atom. The van der Waals surface area contributed by atoms with Crippen LogP contribution in [0, 0.1) is 6.92 Å². The van der Waals surface area contributed by atoms with Gasteiger partial charge in [0.15, 0.2) is 5.82 Å². The standard InChI is InChI=1S/C18H18N4OS/c1-11-7-16(10-20-17(11)19)24-15-5-3-13(4-6-15)18-21-8-14(9-22-18)12(2)23/h3-10,12,23H,1-2H3,(H2,19,20). The van der Waals surface area contributed by atoms with Gasteiger partial charge < -0.3 is 10.8 Å². The van der Waals surface area contributed by atoms with Crippen LogP contribution in [0.4, 0.5) is 5.82 Å². The number of aliphatic hydroxyl groups is 1. The second kappa shape index (κ2) is 6.98. The van der Waals surface area contributed by atoms with Gasteiger partial charge in [-0.3, -0.25) is 0 Å². The molecule has 3 rings (SSSR count). The molecule has 0 bridgehead atoms. The van der Waals surface area contributed by atoms with Gasteiger partial charge in [0.25, 0.3) is 0 Å². The van der Waals surface area contributed by atoms with Crippen LogP contribution < -0.4 is 5.73 Å². The molecule has 1 atom stereocenters. The van der Waals surface area contributed by atoms with E-state index in [2.05, 4.69) is 15.0 Å². The molecule has 0 radical (unpaired) electrons. The van der Waals surface area contributed by atoms with Gasteiger partial charge in [-0.1, -0.05) is 23.9 Å². The van der Waals surface area contributed by atoms with E-state index in [9.17, 15) is 5.11 Å². The van der Waals surface area contributed by atoms with E-state index in [1.54, 1.807) is 37.3 Å². The lowest BCUT2D eigenvalue weighted by Crippen LogP contribution is -1.96. The summed E-state index contributed by atoms with van der Waals surface area (Å²) in [6.45, 7) is 3.64. The topological polar surface area (TPSA) is 84.9 Å². The molecule has 24 heavy (non-hydrogen) atoms. The van der Waals surface area contributed by atoms with Crippen molar-refractivity contribution >= 4 is 17.6 Å². The number of rotatable bonds is 4. The molecule has 2 aromatic heterocycles. The Labute approximate surface area is 145 Å². The van der Waals surface area contributed by atoms with Gasteiger partial charge in [-0.2, -0.15) is 0 Å². The van der Waals surface area contributed by atoms with E-state index in [1.807, 2.05) is 37.3 Å². The van der Waals surface area contributed by atoms with Crippen LogP contribution in [-0.4, -0.2) is 20.1 Å². The van der Waals surface area contributed by atoms with Crippen molar-refractivity contribution in [2.24, 2.45) is 0 Å². The summed E-state index contributed by atoms with van der Waals surface area (Å²) in [5.74, 6) is 1.20. The number of anilines is 1. The summed E-state index contributed by atoms with van der Waals surface area (Å²) < 4.78 is 0. The predicted molar refractivity (Wildman–Crippen MR) is 95.6 cm³/mol. The first-order valence-electron chi connectivity index (χ1n) is 7.53. The summed E-state index contributed by atoms with van der Waals surface area (Å²) in [5, 5.41) is 9.50. The first kappa shape index (κ1) is 16.4. The van der Waals surface area contributed by atoms with Crippen LogP contribution in [0.2, 0.25) is 0 Å². The molecule has 122 valence electrons. The highest BCUT2D eigenvalue weighted by Crippen LogP contribution is 2.30. The number of hydrogen-bond donors (Lipinski definition) is 2. The highest BCUT2D eigenvalue weighted by Gasteiger charge is 2.06. The van der Waals surface area contributed by atoms with Gasteiger partial charge in [0.05, 0.1) is 6.10 Å². The van der Waals surface area contributed by atoms with Gasteiger partial charge in [-0.05, 0) is 37.6 Å². The highest BCUT2D eigenvalue weighted by molar-refractivity contribution is 7.99. The third-order valence-electron chi connectivity index (χ3n) is 3.60. The smallest absolute Gasteiger partial charge is 0.159 e. The second-order valence-corrected chi connectivity index (χ2v) is 6.66. The van der Waals surface area contributed by atoms with E-state index in [4.69, 9.17) is 5.73 Å². The van der Waals surface area contributed by atoms with E-state index in [0.29, 0.717) is 17.2 Å². The van der Waals surface area contributed by atoms with Gasteiger partial charge >= 0.3 is 0 Å². The average molecular weight is 338 g/mol. The minimum atomic E-state index is -0.560. The molecule has 2 heterocycles. The van der Waals surface area contributed by atoms with Gasteiger partial charge in [-0.15, -0.1) is 0 Å². The summed E-state index contributed by atoms with van der Waals surface area (Å²) >= 11 is 1.63. The second-order valence-electron chi connectivity index (χ2n) is 5.52. The Bertz CT molecular complexity index is 833. The zero-order valence-electron chi connectivity index (χ0n) is 13.5. The van der Waals surface area contributed by atoms with Crippen molar-refractivity contribution in [1.29, 1.82) is 0 Å². The minimum absolute atomic E-state index is 0.560. The van der Waals surface area contributed by atoms with Crippen LogP contribution in [0.5, 0.6) is 0 Å². The first-order valence-corrected chi connectivity index (χ1v) is 8.35. The quantitative estimate of drug-likeness (QED) is 0.755. The first-order chi connectivity index (χ1) is 11.5. The molecule has 0 aliphatic rings. The molecule has 0 saturated heterocycles. The van der Waals surface area contributed by atoms with Crippen LogP contribution >= 0.6 is 11.8 Å². The summed E-state index contributed by atoms with van der Waals surface area (Å²) in [5.41, 5.74) is 8.36. The number of aryl methyl sites for hydroxylation is 1. The number of nitrogens with zero attached hydrogens (tertiary/aromatic N) is 3. The molecule has 1 unspecified atom stereocenters. The molecule has 6 heteroatoms. The molecule has 0 amide bonds. The Hall–Kier alpha value is -2.44. The lowest BCUT2D eigenvalue weighted by Gasteiger charge is -2.06. The summed E-state index contributed by atoms with van der Waals surface area (Å²) in [6, 6.07) is 10.0. The molecule has 3 aromatic rings. The third-order valence-corrected chi connectivity index (χ3v) is 4.56. The molecule has 5 nitrogen and oxygen atoms in total. The van der Waals surface area contributed by atoms with E-state index >= 15 is 0 Å². The monoisotopic (exact) mass is 338 g/mol. The third kappa shape index (κ3) is 3.72. The van der Waals surface area contributed by atoms with Gasteiger partial charge in [0, 0.05) is 39.5 Å². The molecular weight excluding hydrogens is 320 g/mol. The fourth-order valence-corrected chi connectivity index (χ4v) is 3.01. The molecule has 0 spiro atoms. The number of nitrogen functional groups attached to an aromatic ring is 1. The lowest BCUT2D eigenvalue weighted by atomic mass is 10.2. The molecule has 1 aromatic carbocycles. The predicted octanol–water partition coefficient (Wildman–Crippen LogP) is 3.63. The van der Waals surface area contributed by atoms with E-state index in [-0.39, 0.29) is 0 Å². The molecule has 0 fully saturated rings. The Balaban J connectivity index is 1.76. The van der Waals surface area contributed by atoms with Gasteiger partial charge in [-0.25, -0.2) is 15.0 Å². The van der Waals surface area contributed by atoms with Crippen molar-refractivity contribution in [2.75, 3.05) is 5.73 Å². The van der Waals surface area contributed by atoms with Crippen LogP contribution in [0.25, 0.3) is 11.4 Å². The maximum Gasteiger partial charge on any atom is 0.159 e. The van der Waals surface area contributed by atoms with Crippen molar-refractivity contribution in [3.63, 3.8) is 0 Å². The Morgan fingerprint density at radius 1 is 1.00 bits per heavy atom. The number of aliphatic hydroxyl groups excluding tert-OH is 1. The maximum atomic E-state index is 9.50. The van der Waals surface area contributed by atoms with Crippen molar-refractivity contribution in [2.45, 2.75) is 29.7 Å². The zero-order chi connectivity index (χ0) is 17.1. The number of aromatic nitrogens is 3. The van der Waals surface area contributed by atoms with E-state index in [0.717, 1.165) is 20.9 Å². The largest absolute Gasteiger partial charge is 0.389 e. The maximum absolute atomic E-state index is 9.50. The van der Waals surface area contributed by atoms with E-state index in [1.165, 1.54) is 0 Å². The highest BCUT2D eigenvalue weighted by atomic mass is 32.2. The van der Waals surface area contributed by atoms with Crippen molar-refractivity contribution in [3.8, 4) is 11.4 Å². The minimum Gasteiger partial charge on any atom is -0.389 e. The SMILES string of the molecule is Cc1cc(Sc2ccc(-c3ncc(C(C)O)cn3)cc2)cnc1N. The summed E-state index contributed by atoms with van der Waals surface area (Å²) in [4.78, 5) is 14.9. The average Bonchev–Trinajstić information content (AvgIpc) is 2.59. The fraction of sp³-hybridized carbons (Fsp3) is 0.167. The number of nitrogens with two attached hydrogens (primary N) is 1. The summed E-state index contributed by atoms with van der Waals surface area (Å²) in [6.07, 6.45) is 4.52. The van der Waals surface area contributed by atoms with Crippen LogP contribution in [0.3, 0.4) is 0 Å². The van der Waals surface area contributed by atoms with Crippen LogP contribution in [0.15, 0.2) is 58.7 Å². The van der Waals surface area contributed by atoms with Crippen LogP contribution in [-0.2, 0) is 0 Å².